The summed E-state index contributed by atoms with van der Waals surface area (Å²) in [6, 6.07) is 0. The highest BCUT2D eigenvalue weighted by molar-refractivity contribution is 5.81. The van der Waals surface area contributed by atoms with Crippen LogP contribution in [0, 0.1) is 105 Å². The van der Waals surface area contributed by atoms with Crippen molar-refractivity contribution < 1.29 is 14.6 Å². The lowest BCUT2D eigenvalue weighted by atomic mass is 9.47. The Hall–Kier alpha value is -1.35. The molecular formula is C61H102O3. The lowest BCUT2D eigenvalue weighted by molar-refractivity contribution is -0.145. The molecule has 0 saturated heterocycles. The van der Waals surface area contributed by atoms with E-state index in [-0.39, 0.29) is 18.2 Å². The topological polar surface area (TPSA) is 46.5 Å². The minimum absolute atomic E-state index is 0.0460. The van der Waals surface area contributed by atoms with Crippen molar-refractivity contribution in [1.29, 1.82) is 0 Å². The van der Waals surface area contributed by atoms with Crippen molar-refractivity contribution in [1.82, 2.24) is 0 Å². The fourth-order valence-electron chi connectivity index (χ4n) is 18.9. The molecule has 18 atom stereocenters. The van der Waals surface area contributed by atoms with E-state index in [1.54, 1.807) is 11.1 Å². The molecule has 3 nitrogen and oxygen atoms in total. The van der Waals surface area contributed by atoms with Gasteiger partial charge in [0, 0.05) is 12.5 Å². The van der Waals surface area contributed by atoms with Gasteiger partial charge in [0.1, 0.15) is 6.10 Å². The Morgan fingerprint density at radius 3 is 1.53 bits per heavy atom. The molecule has 1 N–H and O–H groups in total. The Morgan fingerprint density at radius 2 is 1.09 bits per heavy atom. The van der Waals surface area contributed by atoms with Gasteiger partial charge in [0.2, 0.25) is 0 Å². The zero-order valence-electron chi connectivity index (χ0n) is 44.0. The van der Waals surface area contributed by atoms with Gasteiger partial charge in [-0.1, -0.05) is 139 Å². The maximum Gasteiger partial charge on any atom is 0.330 e. The van der Waals surface area contributed by atoms with Gasteiger partial charge in [0.25, 0.3) is 0 Å². The molecule has 8 aliphatic carbocycles. The molecule has 364 valence electrons. The molecule has 0 unspecified atom stereocenters. The summed E-state index contributed by atoms with van der Waals surface area (Å²) in [5, 5.41) is 10.2. The molecule has 0 radical (unpaired) electrons. The van der Waals surface area contributed by atoms with Gasteiger partial charge in [-0.05, 0) is 214 Å². The summed E-state index contributed by atoms with van der Waals surface area (Å²) in [7, 11) is 0. The van der Waals surface area contributed by atoms with Crippen molar-refractivity contribution in [2.75, 3.05) is 0 Å². The summed E-state index contributed by atoms with van der Waals surface area (Å²) in [4.78, 5) is 11.8. The van der Waals surface area contributed by atoms with Crippen LogP contribution >= 0.6 is 0 Å². The van der Waals surface area contributed by atoms with Gasteiger partial charge in [-0.3, -0.25) is 0 Å². The lowest BCUT2D eigenvalue weighted by Crippen LogP contribution is -2.51. The fraction of sp³-hybridized carbons (Fsp3) is 0.885. The first-order valence-corrected chi connectivity index (χ1v) is 28.2. The van der Waals surface area contributed by atoms with Crippen molar-refractivity contribution in [2.24, 2.45) is 105 Å². The van der Waals surface area contributed by atoms with E-state index >= 15 is 0 Å². The number of hydrogen-bond donors (Lipinski definition) is 1. The van der Waals surface area contributed by atoms with Crippen molar-refractivity contribution in [2.45, 2.75) is 237 Å². The van der Waals surface area contributed by atoms with E-state index in [4.69, 9.17) is 4.74 Å². The summed E-state index contributed by atoms with van der Waals surface area (Å²) in [5.41, 5.74) is 5.03. The number of carbonyl (C=O) groups excluding carboxylic acids is 1. The Balaban J connectivity index is 0.000000193. The summed E-state index contributed by atoms with van der Waals surface area (Å²) in [6.45, 7) is 33.7. The van der Waals surface area contributed by atoms with Crippen LogP contribution in [0.2, 0.25) is 0 Å². The van der Waals surface area contributed by atoms with Crippen LogP contribution in [-0.4, -0.2) is 23.3 Å². The van der Waals surface area contributed by atoms with Gasteiger partial charge in [0.15, 0.2) is 0 Å². The van der Waals surface area contributed by atoms with E-state index in [2.05, 4.69) is 102 Å². The van der Waals surface area contributed by atoms with Gasteiger partial charge >= 0.3 is 5.97 Å². The molecule has 6 fully saturated rings. The van der Waals surface area contributed by atoms with Crippen molar-refractivity contribution in [3.63, 3.8) is 0 Å². The van der Waals surface area contributed by atoms with Crippen LogP contribution in [0.4, 0.5) is 0 Å². The molecule has 0 amide bonds. The minimum atomic E-state index is -0.263. The molecule has 8 aliphatic rings. The number of aliphatic hydroxyl groups is 1. The molecule has 0 aromatic carbocycles. The predicted octanol–water partition coefficient (Wildman–Crippen LogP) is 16.8. The third-order valence-electron chi connectivity index (χ3n) is 23.0. The normalized spacial score (nSPS) is 43.0. The molecule has 0 spiro atoms. The zero-order chi connectivity index (χ0) is 46.4. The quantitative estimate of drug-likeness (QED) is 0.107. The highest BCUT2D eigenvalue weighted by Gasteiger charge is 2.61. The largest absolute Gasteiger partial charge is 0.459 e. The second-order valence-corrected chi connectivity index (χ2v) is 26.3. The highest BCUT2D eigenvalue weighted by Crippen LogP contribution is 2.69. The minimum Gasteiger partial charge on any atom is -0.459 e. The van der Waals surface area contributed by atoms with E-state index in [0.717, 1.165) is 109 Å². The van der Waals surface area contributed by atoms with Gasteiger partial charge in [-0.2, -0.15) is 0 Å². The lowest BCUT2D eigenvalue weighted by Gasteiger charge is -2.58. The van der Waals surface area contributed by atoms with Crippen LogP contribution in [0.25, 0.3) is 0 Å². The van der Waals surface area contributed by atoms with Crippen molar-refractivity contribution in [3.05, 3.63) is 36.0 Å². The first kappa shape index (κ1) is 50.5. The number of allylic oxidation sites excluding steroid dienone is 2. The van der Waals surface area contributed by atoms with Crippen LogP contribution in [0.15, 0.2) is 36.0 Å². The maximum atomic E-state index is 11.8. The van der Waals surface area contributed by atoms with Gasteiger partial charge in [-0.15, -0.1) is 0 Å². The first-order valence-electron chi connectivity index (χ1n) is 28.2. The standard InChI is InChI=1S/C32H52O2.C29H50O/c1-8-23(21(3)4)11-10-22(5)27-14-15-28-26-13-12-24-20-25(34-30(33)9-2)16-18-31(24,6)29(26)17-19-32(27,28)7;1-7-21(19(2)3)9-8-20(4)25-12-13-26-24-11-10-22-18-23(30)14-16-28(22,5)27(24)15-17-29(25,26)6/h9,12,21-23,25-29H,2,8,10-11,13-20H2,1,3-7H3;10,19-21,23-27,30H,7-9,11-18H2,1-6H3/t22-,23-,25+,26+,27-,28+,29+,31+,32-;20-,21-,23+,24+,25-,26+,27+,28+,29-/m11/s1. The van der Waals surface area contributed by atoms with E-state index in [9.17, 15) is 9.90 Å². The second kappa shape index (κ2) is 20.3. The van der Waals surface area contributed by atoms with Crippen molar-refractivity contribution in [3.8, 4) is 0 Å². The Kier molecular flexibility index (Phi) is 16.0. The molecule has 0 aromatic heterocycles. The monoisotopic (exact) mass is 883 g/mol. The van der Waals surface area contributed by atoms with Crippen LogP contribution < -0.4 is 0 Å². The third kappa shape index (κ3) is 9.51. The number of ether oxygens (including phenoxy) is 1. The van der Waals surface area contributed by atoms with E-state index in [1.165, 1.54) is 122 Å². The van der Waals surface area contributed by atoms with Gasteiger partial charge in [-0.25, -0.2) is 4.79 Å². The predicted molar refractivity (Wildman–Crippen MR) is 271 cm³/mol. The molecule has 0 bridgehead atoms. The Morgan fingerprint density at radius 1 is 0.641 bits per heavy atom. The molecule has 6 saturated carbocycles. The number of esters is 1. The summed E-state index contributed by atoms with van der Waals surface area (Å²) in [6.07, 6.45) is 35.3. The first-order chi connectivity index (χ1) is 30.3. The summed E-state index contributed by atoms with van der Waals surface area (Å²) in [5.74, 6) is 12.1. The average Bonchev–Trinajstić information content (AvgIpc) is 3.81. The fourth-order valence-corrected chi connectivity index (χ4v) is 18.9. The van der Waals surface area contributed by atoms with Crippen LogP contribution in [0.5, 0.6) is 0 Å². The summed E-state index contributed by atoms with van der Waals surface area (Å²) < 4.78 is 5.66. The number of fused-ring (bicyclic) bond motifs is 10. The van der Waals surface area contributed by atoms with E-state index < -0.39 is 0 Å². The number of aliphatic hydroxyl groups excluding tert-OH is 1. The summed E-state index contributed by atoms with van der Waals surface area (Å²) >= 11 is 0. The van der Waals surface area contributed by atoms with Crippen LogP contribution in [0.1, 0.15) is 224 Å². The third-order valence-corrected chi connectivity index (χ3v) is 23.0. The van der Waals surface area contributed by atoms with Gasteiger partial charge < -0.3 is 9.84 Å². The average molecular weight is 883 g/mol. The molecule has 3 heteroatoms. The molecule has 8 rings (SSSR count). The zero-order valence-corrected chi connectivity index (χ0v) is 44.0. The number of carbonyl (C=O) groups is 1. The van der Waals surface area contributed by atoms with Crippen LogP contribution in [0.3, 0.4) is 0 Å². The second-order valence-electron chi connectivity index (χ2n) is 26.3. The highest BCUT2D eigenvalue weighted by atomic mass is 16.5. The van der Waals surface area contributed by atoms with E-state index in [0.29, 0.717) is 21.7 Å². The molecule has 0 aromatic rings. The SMILES string of the molecule is C=CC(=O)O[C@H]1CC[C@@]2(C)C(=CC[C@H]3[C@@H]4CC[C@H]([C@H](C)CC[C@@H](CC)C(C)C)[C@@]4(C)CC[C@@H]32)C1.CC[C@H](CC[C@@H](C)[C@H]1CC[C@H]2[C@@H]3CC=C4C[C@@H](O)CC[C@]4(C)[C@H]3CC[C@]12C)C(C)C. The Labute approximate surface area is 396 Å². The Bertz CT molecular complexity index is 1650. The molecular weight excluding hydrogens is 781 g/mol. The van der Waals surface area contributed by atoms with Crippen LogP contribution in [-0.2, 0) is 9.53 Å². The van der Waals surface area contributed by atoms with Gasteiger partial charge in [0.05, 0.1) is 6.10 Å². The molecule has 0 aliphatic heterocycles. The van der Waals surface area contributed by atoms with E-state index in [1.807, 2.05) is 0 Å². The molecule has 64 heavy (non-hydrogen) atoms. The smallest absolute Gasteiger partial charge is 0.330 e. The number of rotatable bonds is 14. The van der Waals surface area contributed by atoms with Crippen molar-refractivity contribution >= 4 is 5.97 Å². The molecule has 0 heterocycles. The maximum absolute atomic E-state index is 11.8. The number of hydrogen-bond acceptors (Lipinski definition) is 3.